The van der Waals surface area contributed by atoms with Gasteiger partial charge in [-0.05, 0) is 55.8 Å². The number of methoxy groups -OCH3 is 2. The van der Waals surface area contributed by atoms with Crippen LogP contribution in [0.25, 0.3) is 5.69 Å². The highest BCUT2D eigenvalue weighted by molar-refractivity contribution is 8.01. The van der Waals surface area contributed by atoms with Gasteiger partial charge in [0.1, 0.15) is 11.6 Å². The van der Waals surface area contributed by atoms with Crippen LogP contribution in [-0.4, -0.2) is 35.2 Å². The van der Waals surface area contributed by atoms with Crippen LogP contribution in [0.15, 0.2) is 42.5 Å². The summed E-state index contributed by atoms with van der Waals surface area (Å²) in [4.78, 5) is 12.7. The number of nitrogens with zero attached hydrogens (tertiary/aromatic N) is 2. The van der Waals surface area contributed by atoms with Gasteiger partial charge in [-0.25, -0.2) is 9.07 Å². The van der Waals surface area contributed by atoms with E-state index < -0.39 is 0 Å². The van der Waals surface area contributed by atoms with Crippen LogP contribution in [0.2, 0.25) is 0 Å². The number of halogens is 1. The Bertz CT molecular complexity index is 1100. The van der Waals surface area contributed by atoms with Crippen molar-refractivity contribution in [1.29, 1.82) is 0 Å². The summed E-state index contributed by atoms with van der Waals surface area (Å²) >= 11 is 1.55. The molecule has 0 aliphatic carbocycles. The third-order valence-corrected chi connectivity index (χ3v) is 6.50. The maximum Gasteiger partial charge on any atom is 0.238 e. The Morgan fingerprint density at radius 1 is 1.10 bits per heavy atom. The molecule has 0 radical (unpaired) electrons. The van der Waals surface area contributed by atoms with Crippen LogP contribution < -0.4 is 14.8 Å². The molecule has 1 amide bonds. The quantitative estimate of drug-likeness (QED) is 0.664. The number of hydrogen-bond donors (Lipinski definition) is 1. The molecule has 2 heterocycles. The summed E-state index contributed by atoms with van der Waals surface area (Å²) < 4.78 is 25.9. The van der Waals surface area contributed by atoms with E-state index in [4.69, 9.17) is 9.47 Å². The van der Waals surface area contributed by atoms with Gasteiger partial charge in [-0.3, -0.25) is 4.79 Å². The smallest absolute Gasteiger partial charge is 0.238 e. The number of aryl methyl sites for hydroxylation is 1. The van der Waals surface area contributed by atoms with Crippen molar-refractivity contribution in [3.63, 3.8) is 0 Å². The SMILES string of the molecule is COc1ccc([C@@H]2S[C@@H](C)C(=O)Nc3c2c(C)nn3-c2ccc(F)cc2)cc1OC. The molecule has 3 aromatic rings. The van der Waals surface area contributed by atoms with Crippen LogP contribution in [0.1, 0.15) is 29.0 Å². The zero-order chi connectivity index (χ0) is 21.4. The largest absolute Gasteiger partial charge is 0.493 e. The van der Waals surface area contributed by atoms with Crippen molar-refractivity contribution >= 4 is 23.5 Å². The van der Waals surface area contributed by atoms with Crippen molar-refractivity contribution in [3.8, 4) is 17.2 Å². The number of thioether (sulfide) groups is 1. The molecule has 0 unspecified atom stereocenters. The topological polar surface area (TPSA) is 65.4 Å². The number of carbonyl (C=O) groups excluding carboxylic acids is 1. The fourth-order valence-corrected chi connectivity index (χ4v) is 4.87. The predicted octanol–water partition coefficient (Wildman–Crippen LogP) is 4.50. The van der Waals surface area contributed by atoms with Crippen LogP contribution in [0.5, 0.6) is 11.5 Å². The van der Waals surface area contributed by atoms with Gasteiger partial charge in [0.05, 0.1) is 36.1 Å². The van der Waals surface area contributed by atoms with Gasteiger partial charge in [-0.1, -0.05) is 6.07 Å². The maximum atomic E-state index is 13.4. The Labute approximate surface area is 178 Å². The van der Waals surface area contributed by atoms with E-state index in [-0.39, 0.29) is 22.2 Å². The Hall–Kier alpha value is -3.00. The van der Waals surface area contributed by atoms with Gasteiger partial charge >= 0.3 is 0 Å². The molecule has 1 aliphatic heterocycles. The van der Waals surface area contributed by atoms with Gasteiger partial charge < -0.3 is 14.8 Å². The second kappa shape index (κ2) is 8.02. The summed E-state index contributed by atoms with van der Waals surface area (Å²) in [5.74, 6) is 1.43. The Morgan fingerprint density at radius 3 is 2.47 bits per heavy atom. The van der Waals surface area contributed by atoms with E-state index in [9.17, 15) is 9.18 Å². The van der Waals surface area contributed by atoms with E-state index in [2.05, 4.69) is 10.4 Å². The van der Waals surface area contributed by atoms with E-state index in [0.717, 1.165) is 16.8 Å². The fourth-order valence-electron chi connectivity index (χ4n) is 3.56. The van der Waals surface area contributed by atoms with Crippen LogP contribution in [0.3, 0.4) is 0 Å². The summed E-state index contributed by atoms with van der Waals surface area (Å²) in [6, 6.07) is 11.8. The summed E-state index contributed by atoms with van der Waals surface area (Å²) in [5.41, 5.74) is 3.35. The molecule has 4 rings (SSSR count). The summed E-state index contributed by atoms with van der Waals surface area (Å²) in [7, 11) is 3.19. The standard InChI is InChI=1S/C22H22FN3O3S/c1-12-19-20(14-5-10-17(28-3)18(11-14)29-4)30-13(2)22(27)24-21(19)26(25-12)16-8-6-15(23)7-9-16/h5-11,13,20H,1-4H3,(H,24,27)/t13-,20-/m0/s1. The minimum Gasteiger partial charge on any atom is -0.493 e. The lowest BCUT2D eigenvalue weighted by atomic mass is 10.0. The van der Waals surface area contributed by atoms with Gasteiger partial charge in [0.25, 0.3) is 0 Å². The average molecular weight is 428 g/mol. The first-order valence-corrected chi connectivity index (χ1v) is 10.4. The van der Waals surface area contributed by atoms with E-state index >= 15 is 0 Å². The van der Waals surface area contributed by atoms with Gasteiger partial charge in [0.15, 0.2) is 11.5 Å². The molecule has 0 saturated carbocycles. The number of nitrogens with one attached hydrogen (secondary N) is 1. The molecule has 1 aliphatic rings. The molecule has 8 heteroatoms. The predicted molar refractivity (Wildman–Crippen MR) is 115 cm³/mol. The first kappa shape index (κ1) is 20.3. The zero-order valence-electron chi connectivity index (χ0n) is 17.1. The van der Waals surface area contributed by atoms with Crippen molar-refractivity contribution in [3.05, 3.63) is 65.1 Å². The molecule has 1 N–H and O–H groups in total. The Kier molecular flexibility index (Phi) is 5.42. The first-order chi connectivity index (χ1) is 14.4. The maximum absolute atomic E-state index is 13.4. The third kappa shape index (κ3) is 3.52. The van der Waals surface area contributed by atoms with Gasteiger partial charge in [0, 0.05) is 5.56 Å². The molecule has 0 fully saturated rings. The molecule has 30 heavy (non-hydrogen) atoms. The molecule has 2 atom stereocenters. The molecule has 6 nitrogen and oxygen atoms in total. The lowest BCUT2D eigenvalue weighted by Gasteiger charge is -2.19. The van der Waals surface area contributed by atoms with Crippen LogP contribution in [-0.2, 0) is 4.79 Å². The highest BCUT2D eigenvalue weighted by Gasteiger charge is 2.34. The number of amides is 1. The molecular weight excluding hydrogens is 405 g/mol. The van der Waals surface area contributed by atoms with Crippen LogP contribution >= 0.6 is 11.8 Å². The lowest BCUT2D eigenvalue weighted by molar-refractivity contribution is -0.115. The van der Waals surface area contributed by atoms with Gasteiger partial charge in [-0.2, -0.15) is 5.10 Å². The molecule has 0 bridgehead atoms. The average Bonchev–Trinajstić information content (AvgIpc) is 2.99. The number of aromatic nitrogens is 2. The van der Waals surface area contributed by atoms with Crippen molar-refractivity contribution in [1.82, 2.24) is 9.78 Å². The molecule has 0 saturated heterocycles. The normalized spacial score (nSPS) is 18.4. The first-order valence-electron chi connectivity index (χ1n) is 9.46. The Balaban J connectivity index is 1.89. The van der Waals surface area contributed by atoms with E-state index in [1.807, 2.05) is 32.0 Å². The van der Waals surface area contributed by atoms with Crippen molar-refractivity contribution in [2.75, 3.05) is 19.5 Å². The van der Waals surface area contributed by atoms with Crippen LogP contribution in [0, 0.1) is 12.7 Å². The number of benzene rings is 2. The van der Waals surface area contributed by atoms with E-state index in [1.165, 1.54) is 12.1 Å². The second-order valence-electron chi connectivity index (χ2n) is 7.00. The van der Waals surface area contributed by atoms with Crippen LogP contribution in [0.4, 0.5) is 10.2 Å². The summed E-state index contributed by atoms with van der Waals surface area (Å²) in [5, 5.41) is 7.24. The minimum atomic E-state index is -0.329. The third-order valence-electron chi connectivity index (χ3n) is 5.10. The number of anilines is 1. The molecule has 2 aromatic carbocycles. The number of fused-ring (bicyclic) bond motifs is 1. The summed E-state index contributed by atoms with van der Waals surface area (Å²) in [6.07, 6.45) is 0. The van der Waals surface area contributed by atoms with E-state index in [0.29, 0.717) is 23.0 Å². The highest BCUT2D eigenvalue weighted by Crippen LogP contribution is 2.47. The lowest BCUT2D eigenvalue weighted by Crippen LogP contribution is -2.22. The van der Waals surface area contributed by atoms with E-state index in [1.54, 1.807) is 42.8 Å². The molecule has 156 valence electrons. The minimum absolute atomic E-state index is 0.104. The molecule has 1 aromatic heterocycles. The monoisotopic (exact) mass is 427 g/mol. The zero-order valence-corrected chi connectivity index (χ0v) is 17.9. The highest BCUT2D eigenvalue weighted by atomic mass is 32.2. The van der Waals surface area contributed by atoms with Crippen molar-refractivity contribution in [2.45, 2.75) is 24.3 Å². The Morgan fingerprint density at radius 2 is 1.80 bits per heavy atom. The fraction of sp³-hybridized carbons (Fsp3) is 0.273. The van der Waals surface area contributed by atoms with Gasteiger partial charge in [0.2, 0.25) is 5.91 Å². The van der Waals surface area contributed by atoms with Gasteiger partial charge in [-0.15, -0.1) is 11.8 Å². The number of ether oxygens (including phenoxy) is 2. The summed E-state index contributed by atoms with van der Waals surface area (Å²) in [6.45, 7) is 3.79. The van der Waals surface area contributed by atoms with Crippen molar-refractivity contribution in [2.24, 2.45) is 0 Å². The number of carbonyl (C=O) groups is 1. The molecular formula is C22H22FN3O3S. The number of rotatable bonds is 4. The number of hydrogen-bond acceptors (Lipinski definition) is 5. The van der Waals surface area contributed by atoms with Crippen molar-refractivity contribution < 1.29 is 18.7 Å². The molecule has 0 spiro atoms. The second-order valence-corrected chi connectivity index (χ2v) is 8.45.